The number of aromatic nitrogens is 3. The summed E-state index contributed by atoms with van der Waals surface area (Å²) in [6, 6.07) is 12.9. The zero-order valence-electron chi connectivity index (χ0n) is 14.6. The van der Waals surface area contributed by atoms with Crippen LogP contribution in [0.5, 0.6) is 11.6 Å². The van der Waals surface area contributed by atoms with Crippen molar-refractivity contribution in [3.63, 3.8) is 0 Å². The number of hydrogen-bond acceptors (Lipinski definition) is 5. The molecule has 0 saturated carbocycles. The number of anilines is 1. The monoisotopic (exact) mass is 442 g/mol. The van der Waals surface area contributed by atoms with Crippen LogP contribution >= 0.6 is 27.3 Å². The second-order valence-electron chi connectivity index (χ2n) is 5.94. The molecular formula is C19H15BrN4O2S. The zero-order chi connectivity index (χ0) is 19.0. The van der Waals surface area contributed by atoms with Crippen LogP contribution in [-0.2, 0) is 7.05 Å². The van der Waals surface area contributed by atoms with E-state index in [4.69, 9.17) is 4.74 Å². The molecule has 1 amide bonds. The van der Waals surface area contributed by atoms with Gasteiger partial charge in [-0.05, 0) is 37.3 Å². The summed E-state index contributed by atoms with van der Waals surface area (Å²) in [5.74, 6) is 0.968. The van der Waals surface area contributed by atoms with Crippen molar-refractivity contribution >= 4 is 49.1 Å². The summed E-state index contributed by atoms with van der Waals surface area (Å²) in [4.78, 5) is 18.4. The van der Waals surface area contributed by atoms with Gasteiger partial charge in [0.05, 0.1) is 22.5 Å². The Morgan fingerprint density at radius 1 is 1.26 bits per heavy atom. The van der Waals surface area contributed by atoms with Gasteiger partial charge in [-0.15, -0.1) is 11.3 Å². The van der Waals surface area contributed by atoms with Crippen LogP contribution in [0.15, 0.2) is 53.1 Å². The number of nitrogens with zero attached hydrogens (tertiary/aromatic N) is 3. The third kappa shape index (κ3) is 3.72. The number of halogens is 1. The maximum absolute atomic E-state index is 12.5. The maximum atomic E-state index is 12.5. The molecule has 0 atom stereocenters. The standard InChI is InChI=1S/C19H15BrN4O2S/c1-11-15-9-16(27-19(15)24(2)23-11)18(25)22-13-6-7-17(21-10-13)26-14-5-3-4-12(20)8-14/h3-10H,1-2H3,(H,22,25). The highest BCUT2D eigenvalue weighted by atomic mass is 79.9. The summed E-state index contributed by atoms with van der Waals surface area (Å²) in [6.07, 6.45) is 1.57. The van der Waals surface area contributed by atoms with E-state index in [0.717, 1.165) is 20.4 Å². The largest absolute Gasteiger partial charge is 0.439 e. The first-order chi connectivity index (χ1) is 13.0. The van der Waals surface area contributed by atoms with Gasteiger partial charge >= 0.3 is 0 Å². The first-order valence-corrected chi connectivity index (χ1v) is 9.74. The summed E-state index contributed by atoms with van der Waals surface area (Å²) in [5.41, 5.74) is 1.52. The summed E-state index contributed by atoms with van der Waals surface area (Å²) >= 11 is 4.82. The van der Waals surface area contributed by atoms with Crippen molar-refractivity contribution in [2.45, 2.75) is 6.92 Å². The molecule has 3 aromatic heterocycles. The van der Waals surface area contributed by atoms with Crippen LogP contribution in [0.25, 0.3) is 10.2 Å². The van der Waals surface area contributed by atoms with Gasteiger partial charge in [0.1, 0.15) is 10.6 Å². The van der Waals surface area contributed by atoms with Crippen LogP contribution in [-0.4, -0.2) is 20.7 Å². The summed E-state index contributed by atoms with van der Waals surface area (Å²) < 4.78 is 8.42. The molecule has 0 unspecified atom stereocenters. The van der Waals surface area contributed by atoms with Crippen LogP contribution in [0, 0.1) is 6.92 Å². The molecule has 6 nitrogen and oxygen atoms in total. The van der Waals surface area contributed by atoms with Gasteiger partial charge in [0.2, 0.25) is 5.88 Å². The summed E-state index contributed by atoms with van der Waals surface area (Å²) in [6.45, 7) is 1.94. The zero-order valence-corrected chi connectivity index (χ0v) is 17.0. The van der Waals surface area contributed by atoms with E-state index >= 15 is 0 Å². The molecule has 1 aromatic carbocycles. The van der Waals surface area contributed by atoms with E-state index in [-0.39, 0.29) is 5.91 Å². The Morgan fingerprint density at radius 2 is 2.11 bits per heavy atom. The number of carbonyl (C=O) groups excluding carboxylic acids is 1. The van der Waals surface area contributed by atoms with Crippen molar-refractivity contribution < 1.29 is 9.53 Å². The smallest absolute Gasteiger partial charge is 0.265 e. The molecule has 3 heterocycles. The highest BCUT2D eigenvalue weighted by molar-refractivity contribution is 9.10. The number of carbonyl (C=O) groups is 1. The molecule has 0 spiro atoms. The molecule has 136 valence electrons. The van der Waals surface area contributed by atoms with Crippen LogP contribution < -0.4 is 10.1 Å². The Bertz CT molecular complexity index is 1100. The molecule has 4 rings (SSSR count). The van der Waals surface area contributed by atoms with Crippen LogP contribution in [0.3, 0.4) is 0 Å². The number of benzene rings is 1. The van der Waals surface area contributed by atoms with Crippen molar-refractivity contribution in [2.75, 3.05) is 5.32 Å². The number of thiophene rings is 1. The van der Waals surface area contributed by atoms with Crippen molar-refractivity contribution in [3.05, 3.63) is 63.7 Å². The van der Waals surface area contributed by atoms with E-state index in [0.29, 0.717) is 22.2 Å². The second-order valence-corrected chi connectivity index (χ2v) is 7.88. The molecule has 0 bridgehead atoms. The van der Waals surface area contributed by atoms with Crippen molar-refractivity contribution in [3.8, 4) is 11.6 Å². The highest BCUT2D eigenvalue weighted by Crippen LogP contribution is 2.28. The first kappa shape index (κ1) is 17.7. The summed E-state index contributed by atoms with van der Waals surface area (Å²) in [5, 5.41) is 8.22. The molecule has 8 heteroatoms. The predicted octanol–water partition coefficient (Wildman–Crippen LogP) is 5.15. The van der Waals surface area contributed by atoms with E-state index in [9.17, 15) is 4.79 Å². The lowest BCUT2D eigenvalue weighted by Gasteiger charge is -2.07. The molecule has 0 radical (unpaired) electrons. The Hall–Kier alpha value is -2.71. The van der Waals surface area contributed by atoms with Gasteiger partial charge in [0, 0.05) is 23.0 Å². The third-order valence-corrected chi connectivity index (χ3v) is 5.63. The van der Waals surface area contributed by atoms with Gasteiger partial charge in [0.25, 0.3) is 5.91 Å². The van der Waals surface area contributed by atoms with Gasteiger partial charge in [-0.2, -0.15) is 5.10 Å². The maximum Gasteiger partial charge on any atom is 0.265 e. The highest BCUT2D eigenvalue weighted by Gasteiger charge is 2.15. The first-order valence-electron chi connectivity index (χ1n) is 8.13. The van der Waals surface area contributed by atoms with E-state index < -0.39 is 0 Å². The van der Waals surface area contributed by atoms with Gasteiger partial charge < -0.3 is 10.1 Å². The number of ether oxygens (including phenoxy) is 1. The SMILES string of the molecule is Cc1nn(C)c2sc(C(=O)Nc3ccc(Oc4cccc(Br)c4)nc3)cc12. The van der Waals surface area contributed by atoms with E-state index in [1.54, 1.807) is 23.0 Å². The topological polar surface area (TPSA) is 69.0 Å². The predicted molar refractivity (Wildman–Crippen MR) is 110 cm³/mol. The average Bonchev–Trinajstić information content (AvgIpc) is 3.19. The average molecular weight is 443 g/mol. The van der Waals surface area contributed by atoms with Gasteiger partial charge in [-0.1, -0.05) is 22.0 Å². The molecule has 27 heavy (non-hydrogen) atoms. The van der Waals surface area contributed by atoms with Crippen molar-refractivity contribution in [1.29, 1.82) is 0 Å². The number of rotatable bonds is 4. The van der Waals surface area contributed by atoms with Gasteiger partial charge in [0.15, 0.2) is 0 Å². The fraction of sp³-hybridized carbons (Fsp3) is 0.105. The number of aryl methyl sites for hydroxylation is 2. The van der Waals surface area contributed by atoms with Crippen LogP contribution in [0.2, 0.25) is 0 Å². The lowest BCUT2D eigenvalue weighted by molar-refractivity contribution is 0.103. The third-order valence-electron chi connectivity index (χ3n) is 3.93. The van der Waals surface area contributed by atoms with Crippen molar-refractivity contribution in [2.24, 2.45) is 7.05 Å². The van der Waals surface area contributed by atoms with E-state index in [1.165, 1.54) is 11.3 Å². The Morgan fingerprint density at radius 3 is 2.81 bits per heavy atom. The molecule has 0 aliphatic heterocycles. The van der Waals surface area contributed by atoms with Gasteiger partial charge in [-0.3, -0.25) is 9.48 Å². The summed E-state index contributed by atoms with van der Waals surface area (Å²) in [7, 11) is 1.88. The second kappa shape index (κ2) is 7.13. The quantitative estimate of drug-likeness (QED) is 0.474. The Labute approximate surface area is 167 Å². The number of fused-ring (bicyclic) bond motifs is 1. The molecule has 0 aliphatic carbocycles. The molecule has 0 fully saturated rings. The minimum absolute atomic E-state index is 0.168. The number of amides is 1. The Kier molecular flexibility index (Phi) is 4.67. The molecule has 0 saturated heterocycles. The number of hydrogen-bond donors (Lipinski definition) is 1. The van der Waals surface area contributed by atoms with E-state index in [1.807, 2.05) is 44.3 Å². The lowest BCUT2D eigenvalue weighted by Crippen LogP contribution is -2.10. The number of nitrogens with one attached hydrogen (secondary N) is 1. The fourth-order valence-electron chi connectivity index (χ4n) is 2.68. The Balaban J connectivity index is 1.47. The molecule has 0 aliphatic rings. The minimum atomic E-state index is -0.168. The van der Waals surface area contributed by atoms with E-state index in [2.05, 4.69) is 31.3 Å². The molecule has 4 aromatic rings. The minimum Gasteiger partial charge on any atom is -0.439 e. The molecule has 1 N–H and O–H groups in total. The van der Waals surface area contributed by atoms with Crippen LogP contribution in [0.4, 0.5) is 5.69 Å². The lowest BCUT2D eigenvalue weighted by atomic mass is 10.3. The normalized spacial score (nSPS) is 10.9. The fourth-order valence-corrected chi connectivity index (χ4v) is 4.07. The van der Waals surface area contributed by atoms with Crippen LogP contribution in [0.1, 0.15) is 15.4 Å². The number of pyridine rings is 1. The molecular weight excluding hydrogens is 428 g/mol. The van der Waals surface area contributed by atoms with Crippen molar-refractivity contribution in [1.82, 2.24) is 14.8 Å². The van der Waals surface area contributed by atoms with Gasteiger partial charge in [-0.25, -0.2) is 4.98 Å².